The number of benzene rings is 5. The fourth-order valence-electron chi connectivity index (χ4n) is 3.88. The number of ether oxygens (including phenoxy) is 3. The Morgan fingerprint density at radius 2 is 1.28 bits per heavy atom. The summed E-state index contributed by atoms with van der Waals surface area (Å²) in [6, 6.07) is 31.2. The van der Waals surface area contributed by atoms with Crippen molar-refractivity contribution in [3.8, 4) is 17.2 Å². The molecule has 10 heteroatoms. The number of halogens is 2. The van der Waals surface area contributed by atoms with Crippen molar-refractivity contribution >= 4 is 66.7 Å². The lowest BCUT2D eigenvalue weighted by atomic mass is 10.1. The second kappa shape index (κ2) is 13.9. The molecule has 0 atom stereocenters. The number of hydrazone groups is 1. The van der Waals surface area contributed by atoms with E-state index >= 15 is 0 Å². The van der Waals surface area contributed by atoms with Gasteiger partial charge in [-0.05, 0) is 95.2 Å². The minimum atomic E-state index is -0.651. The van der Waals surface area contributed by atoms with Gasteiger partial charge in [0.2, 0.25) is 0 Å². The number of nitrogens with one attached hydrogen (secondary N) is 1. The molecule has 1 N–H and O–H groups in total. The monoisotopic (exact) mass is 700 g/mol. The Hall–Kier alpha value is -4.80. The molecular weight excluding hydrogens is 680 g/mol. The van der Waals surface area contributed by atoms with E-state index in [9.17, 15) is 14.4 Å². The van der Waals surface area contributed by atoms with Crippen LogP contribution in [0, 0.1) is 0 Å². The molecule has 0 aliphatic rings. The highest BCUT2D eigenvalue weighted by atomic mass is 79.9. The van der Waals surface area contributed by atoms with Crippen LogP contribution >= 0.6 is 31.9 Å². The maximum absolute atomic E-state index is 12.9. The van der Waals surface area contributed by atoms with Crippen molar-refractivity contribution in [2.45, 2.75) is 0 Å². The summed E-state index contributed by atoms with van der Waals surface area (Å²) in [5, 5.41) is 6.05. The second-order valence-electron chi connectivity index (χ2n) is 9.09. The third-order valence-electron chi connectivity index (χ3n) is 6.03. The van der Waals surface area contributed by atoms with E-state index in [4.69, 9.17) is 14.2 Å². The minimum Gasteiger partial charge on any atom is -0.484 e. The molecule has 5 aromatic carbocycles. The number of fused-ring (bicyclic) bond motifs is 1. The zero-order valence-electron chi connectivity index (χ0n) is 22.3. The van der Waals surface area contributed by atoms with Crippen molar-refractivity contribution in [3.05, 3.63) is 135 Å². The first-order valence-electron chi connectivity index (χ1n) is 12.9. The predicted molar refractivity (Wildman–Crippen MR) is 170 cm³/mol. The molecule has 0 aliphatic heterocycles. The third-order valence-corrected chi connectivity index (χ3v) is 7.08. The molecule has 5 rings (SSSR count). The summed E-state index contributed by atoms with van der Waals surface area (Å²) < 4.78 is 18.4. The average Bonchev–Trinajstić information content (AvgIpc) is 3.01. The molecule has 0 unspecified atom stereocenters. The van der Waals surface area contributed by atoms with Gasteiger partial charge in [-0.25, -0.2) is 15.0 Å². The summed E-state index contributed by atoms with van der Waals surface area (Å²) in [7, 11) is 0. The van der Waals surface area contributed by atoms with Gasteiger partial charge in [0.05, 0.1) is 17.3 Å². The van der Waals surface area contributed by atoms with Crippen molar-refractivity contribution < 1.29 is 28.6 Å². The van der Waals surface area contributed by atoms with Crippen molar-refractivity contribution in [2.24, 2.45) is 5.10 Å². The number of esters is 2. The lowest BCUT2D eigenvalue weighted by Crippen LogP contribution is -2.24. The van der Waals surface area contributed by atoms with Crippen molar-refractivity contribution in [3.63, 3.8) is 0 Å². The quantitative estimate of drug-likeness (QED) is 0.0747. The normalized spacial score (nSPS) is 10.8. The van der Waals surface area contributed by atoms with Crippen LogP contribution in [0.25, 0.3) is 10.8 Å². The van der Waals surface area contributed by atoms with Crippen molar-refractivity contribution in [2.75, 3.05) is 6.61 Å². The first-order chi connectivity index (χ1) is 20.8. The molecule has 214 valence electrons. The predicted octanol–water partition coefficient (Wildman–Crippen LogP) is 7.33. The van der Waals surface area contributed by atoms with Crippen LogP contribution in [0.1, 0.15) is 26.3 Å². The van der Waals surface area contributed by atoms with Crippen LogP contribution in [-0.4, -0.2) is 30.7 Å². The molecule has 1 amide bonds. The van der Waals surface area contributed by atoms with Gasteiger partial charge in [-0.2, -0.15) is 5.10 Å². The molecule has 0 spiro atoms. The summed E-state index contributed by atoms with van der Waals surface area (Å²) in [6.45, 7) is -0.239. The first-order valence-corrected chi connectivity index (χ1v) is 14.5. The Balaban J connectivity index is 1.27. The number of carbonyl (C=O) groups excluding carboxylic acids is 3. The number of hydrogen-bond donors (Lipinski definition) is 1. The summed E-state index contributed by atoms with van der Waals surface area (Å²) in [5.41, 5.74) is 3.49. The first kappa shape index (κ1) is 29.7. The maximum Gasteiger partial charge on any atom is 0.343 e. The van der Waals surface area contributed by atoms with Gasteiger partial charge in [0.1, 0.15) is 5.75 Å². The molecule has 0 aliphatic carbocycles. The zero-order chi connectivity index (χ0) is 30.2. The Morgan fingerprint density at radius 3 is 1.93 bits per heavy atom. The van der Waals surface area contributed by atoms with E-state index in [1.54, 1.807) is 60.7 Å². The minimum absolute atomic E-state index is 0.00621. The van der Waals surface area contributed by atoms with Crippen LogP contribution in [0.15, 0.2) is 123 Å². The van der Waals surface area contributed by atoms with Crippen LogP contribution in [-0.2, 0) is 4.79 Å². The smallest absolute Gasteiger partial charge is 0.343 e. The Morgan fingerprint density at radius 1 is 0.674 bits per heavy atom. The van der Waals surface area contributed by atoms with Crippen LogP contribution in [0.2, 0.25) is 0 Å². The number of hydrogen-bond acceptors (Lipinski definition) is 7. The summed E-state index contributed by atoms with van der Waals surface area (Å²) in [6.07, 6.45) is 1.37. The summed E-state index contributed by atoms with van der Waals surface area (Å²) in [5.74, 6) is -1.17. The number of carbonyl (C=O) groups is 3. The standard InChI is InChI=1S/C33H22Br2N2O6/c34-26-11-6-23(7-12-26)32(39)42-29-16-5-21(17-30(29)43-33(40)24-8-13-27(35)14-9-24)19-36-37-31(38)20-41-28-15-10-22-3-1-2-4-25(22)18-28/h1-19H,20H2,(H,37,38)/b36-19-. The number of rotatable bonds is 9. The fraction of sp³-hybridized carbons (Fsp3) is 0.0303. The van der Waals surface area contributed by atoms with E-state index in [2.05, 4.69) is 42.4 Å². The van der Waals surface area contributed by atoms with Gasteiger partial charge in [-0.15, -0.1) is 0 Å². The molecule has 0 saturated heterocycles. The topological polar surface area (TPSA) is 103 Å². The van der Waals surface area contributed by atoms with Crippen LogP contribution < -0.4 is 19.6 Å². The maximum atomic E-state index is 12.9. The second-order valence-corrected chi connectivity index (χ2v) is 10.9. The van der Waals surface area contributed by atoms with Gasteiger partial charge in [0.25, 0.3) is 5.91 Å². The van der Waals surface area contributed by atoms with Gasteiger partial charge in [-0.1, -0.05) is 62.2 Å². The van der Waals surface area contributed by atoms with Crippen molar-refractivity contribution in [1.29, 1.82) is 0 Å². The lowest BCUT2D eigenvalue weighted by Gasteiger charge is -2.12. The van der Waals surface area contributed by atoms with Gasteiger partial charge >= 0.3 is 11.9 Å². The molecule has 8 nitrogen and oxygen atoms in total. The molecule has 43 heavy (non-hydrogen) atoms. The Kier molecular flexibility index (Phi) is 9.60. The summed E-state index contributed by atoms with van der Waals surface area (Å²) in [4.78, 5) is 37.9. The molecule has 0 radical (unpaired) electrons. The van der Waals surface area contributed by atoms with E-state index in [1.165, 1.54) is 18.3 Å². The third kappa shape index (κ3) is 8.15. The Labute approximate surface area is 263 Å². The van der Waals surface area contributed by atoms with Crippen LogP contribution in [0.3, 0.4) is 0 Å². The van der Waals surface area contributed by atoms with Crippen LogP contribution in [0.5, 0.6) is 17.2 Å². The van der Waals surface area contributed by atoms with E-state index in [0.717, 1.165) is 19.7 Å². The lowest BCUT2D eigenvalue weighted by molar-refractivity contribution is -0.123. The highest BCUT2D eigenvalue weighted by Gasteiger charge is 2.17. The molecule has 5 aromatic rings. The molecular formula is C33H22Br2N2O6. The average molecular weight is 702 g/mol. The van der Waals surface area contributed by atoms with Gasteiger partial charge < -0.3 is 14.2 Å². The number of amides is 1. The van der Waals surface area contributed by atoms with E-state index in [0.29, 0.717) is 22.4 Å². The van der Waals surface area contributed by atoms with Crippen molar-refractivity contribution in [1.82, 2.24) is 5.43 Å². The zero-order valence-corrected chi connectivity index (χ0v) is 25.5. The SMILES string of the molecule is O=C(COc1ccc2ccccc2c1)N/N=C\c1ccc(OC(=O)c2ccc(Br)cc2)c(OC(=O)c2ccc(Br)cc2)c1. The van der Waals surface area contributed by atoms with Gasteiger partial charge in [-0.3, -0.25) is 4.79 Å². The number of nitrogens with zero attached hydrogens (tertiary/aromatic N) is 1. The van der Waals surface area contributed by atoms with E-state index in [1.807, 2.05) is 36.4 Å². The molecule has 0 bridgehead atoms. The van der Waals surface area contributed by atoms with E-state index in [-0.39, 0.29) is 18.1 Å². The van der Waals surface area contributed by atoms with Gasteiger partial charge in [0, 0.05) is 8.95 Å². The highest BCUT2D eigenvalue weighted by Crippen LogP contribution is 2.30. The Bertz CT molecular complexity index is 1820. The fourth-order valence-corrected chi connectivity index (χ4v) is 4.40. The highest BCUT2D eigenvalue weighted by molar-refractivity contribution is 9.10. The molecule has 0 heterocycles. The molecule has 0 aromatic heterocycles. The van der Waals surface area contributed by atoms with Gasteiger partial charge in [0.15, 0.2) is 18.1 Å². The molecule has 0 saturated carbocycles. The van der Waals surface area contributed by atoms with E-state index < -0.39 is 17.8 Å². The molecule has 0 fully saturated rings. The summed E-state index contributed by atoms with van der Waals surface area (Å²) >= 11 is 6.67. The largest absolute Gasteiger partial charge is 0.484 e. The van der Waals surface area contributed by atoms with Crippen LogP contribution in [0.4, 0.5) is 0 Å².